The Balaban J connectivity index is 1.88. The highest BCUT2D eigenvalue weighted by Gasteiger charge is 2.20. The Kier molecular flexibility index (Phi) is 4.71. The third kappa shape index (κ3) is 3.15. The van der Waals surface area contributed by atoms with E-state index in [1.807, 2.05) is 49.5 Å². The molecule has 0 aliphatic rings. The Bertz CT molecular complexity index is 1330. The monoisotopic (exact) mass is 395 g/mol. The fourth-order valence-electron chi connectivity index (χ4n) is 3.27. The highest BCUT2D eigenvalue weighted by Crippen LogP contribution is 2.31. The lowest BCUT2D eigenvalue weighted by Gasteiger charge is -2.19. The Hall–Kier alpha value is -4.50. The molecular formula is C21H17N9. The highest BCUT2D eigenvalue weighted by molar-refractivity contribution is 5.70. The predicted octanol–water partition coefficient (Wildman–Crippen LogP) is 2.99. The molecule has 0 amide bonds. The lowest BCUT2D eigenvalue weighted by Crippen LogP contribution is -2.14. The van der Waals surface area contributed by atoms with Crippen LogP contribution in [0.2, 0.25) is 0 Å². The summed E-state index contributed by atoms with van der Waals surface area (Å²) < 4.78 is 1.60. The van der Waals surface area contributed by atoms with Crippen molar-refractivity contribution < 1.29 is 0 Å². The van der Waals surface area contributed by atoms with Gasteiger partial charge in [-0.25, -0.2) is 19.5 Å². The molecule has 3 aromatic heterocycles. The molecule has 0 aliphatic heterocycles. The van der Waals surface area contributed by atoms with Crippen LogP contribution in [0.1, 0.15) is 35.3 Å². The molecule has 3 heterocycles. The second-order valence-electron chi connectivity index (χ2n) is 6.71. The van der Waals surface area contributed by atoms with Crippen LogP contribution in [0, 0.1) is 29.6 Å². The maximum atomic E-state index is 9.51. The van der Waals surface area contributed by atoms with Gasteiger partial charge in [0.2, 0.25) is 0 Å². The Labute approximate surface area is 172 Å². The molecule has 0 spiro atoms. The zero-order valence-corrected chi connectivity index (χ0v) is 16.3. The summed E-state index contributed by atoms with van der Waals surface area (Å²) in [6.45, 7) is 3.70. The molecular weight excluding hydrogens is 378 g/mol. The van der Waals surface area contributed by atoms with Crippen LogP contribution in [0.4, 0.5) is 11.6 Å². The van der Waals surface area contributed by atoms with Crippen molar-refractivity contribution in [3.8, 4) is 23.4 Å². The average Bonchev–Trinajstić information content (AvgIpc) is 3.07. The van der Waals surface area contributed by atoms with Crippen LogP contribution < -0.4 is 11.1 Å². The molecule has 0 unspecified atom stereocenters. The predicted molar refractivity (Wildman–Crippen MR) is 111 cm³/mol. The van der Waals surface area contributed by atoms with Gasteiger partial charge in [0.25, 0.3) is 0 Å². The first-order valence-corrected chi connectivity index (χ1v) is 9.16. The van der Waals surface area contributed by atoms with E-state index in [0.29, 0.717) is 28.4 Å². The van der Waals surface area contributed by atoms with Gasteiger partial charge in [-0.05, 0) is 13.8 Å². The summed E-state index contributed by atoms with van der Waals surface area (Å²) in [6, 6.07) is 13.6. The van der Waals surface area contributed by atoms with E-state index in [0.717, 1.165) is 11.1 Å². The van der Waals surface area contributed by atoms with Gasteiger partial charge in [0, 0.05) is 17.3 Å². The molecule has 4 rings (SSSR count). The first-order valence-electron chi connectivity index (χ1n) is 9.16. The number of nitrogens with one attached hydrogen (secondary N) is 1. The molecule has 1 aromatic carbocycles. The largest absolute Gasteiger partial charge is 0.382 e. The van der Waals surface area contributed by atoms with Crippen LogP contribution in [0.3, 0.4) is 0 Å². The van der Waals surface area contributed by atoms with Gasteiger partial charge < -0.3 is 11.1 Å². The number of rotatable bonds is 4. The lowest BCUT2D eigenvalue weighted by molar-refractivity contribution is 0.825. The van der Waals surface area contributed by atoms with Crippen molar-refractivity contribution in [2.45, 2.75) is 19.9 Å². The molecule has 4 aromatic rings. The van der Waals surface area contributed by atoms with Crippen LogP contribution in [0.25, 0.3) is 16.9 Å². The summed E-state index contributed by atoms with van der Waals surface area (Å²) in [6.07, 6.45) is 3.15. The molecule has 0 saturated carbocycles. The second-order valence-corrected chi connectivity index (χ2v) is 6.71. The number of hydrogen-bond acceptors (Lipinski definition) is 8. The Morgan fingerprint density at radius 1 is 1.10 bits per heavy atom. The summed E-state index contributed by atoms with van der Waals surface area (Å²) in [5, 5.41) is 26.6. The van der Waals surface area contributed by atoms with Crippen LogP contribution in [-0.2, 0) is 0 Å². The van der Waals surface area contributed by atoms with Gasteiger partial charge >= 0.3 is 0 Å². The van der Waals surface area contributed by atoms with Gasteiger partial charge in [0.05, 0.1) is 17.4 Å². The maximum Gasteiger partial charge on any atom is 0.173 e. The maximum absolute atomic E-state index is 9.51. The molecule has 30 heavy (non-hydrogen) atoms. The van der Waals surface area contributed by atoms with Crippen LogP contribution in [0.15, 0.2) is 42.9 Å². The fourth-order valence-corrected chi connectivity index (χ4v) is 3.27. The minimum absolute atomic E-state index is 0.112. The van der Waals surface area contributed by atoms with Crippen molar-refractivity contribution >= 4 is 17.3 Å². The van der Waals surface area contributed by atoms with E-state index in [4.69, 9.17) is 10.7 Å². The lowest BCUT2D eigenvalue weighted by atomic mass is 10.0. The minimum Gasteiger partial charge on any atom is -0.382 e. The van der Waals surface area contributed by atoms with Gasteiger partial charge in [0.1, 0.15) is 41.2 Å². The Morgan fingerprint density at radius 3 is 2.53 bits per heavy atom. The number of anilines is 2. The number of nitriles is 2. The van der Waals surface area contributed by atoms with E-state index in [1.165, 1.54) is 6.33 Å². The third-order valence-corrected chi connectivity index (χ3v) is 4.78. The molecule has 0 bridgehead atoms. The number of fused-ring (bicyclic) bond motifs is 1. The van der Waals surface area contributed by atoms with E-state index >= 15 is 0 Å². The Morgan fingerprint density at radius 2 is 1.83 bits per heavy atom. The molecule has 3 N–H and O–H groups in total. The van der Waals surface area contributed by atoms with Crippen LogP contribution >= 0.6 is 0 Å². The zero-order valence-electron chi connectivity index (χ0n) is 16.3. The van der Waals surface area contributed by atoms with Gasteiger partial charge in [0.15, 0.2) is 5.65 Å². The standard InChI is InChI=1S/C21H17N9/c1-12(27-20-16(9-23)19(24)25-11-26-20)17-10-30-21(15(8-22)13(2)29-30)28-18(17)14-6-4-3-5-7-14/h3-7,10-12H,1-2H3,(H3,24,25,26,27)/t12-/m0/s1. The fraction of sp³-hybridized carbons (Fsp3) is 0.143. The third-order valence-electron chi connectivity index (χ3n) is 4.78. The van der Waals surface area contributed by atoms with E-state index in [-0.39, 0.29) is 17.4 Å². The molecule has 0 fully saturated rings. The number of nitrogens with zero attached hydrogens (tertiary/aromatic N) is 7. The molecule has 0 aliphatic carbocycles. The summed E-state index contributed by atoms with van der Waals surface area (Å²) in [5.74, 6) is 0.450. The second kappa shape index (κ2) is 7.49. The molecule has 9 heteroatoms. The smallest absolute Gasteiger partial charge is 0.173 e. The highest BCUT2D eigenvalue weighted by atomic mass is 15.3. The van der Waals surface area contributed by atoms with Crippen LogP contribution in [0.5, 0.6) is 0 Å². The molecule has 146 valence electrons. The van der Waals surface area contributed by atoms with E-state index in [2.05, 4.69) is 26.5 Å². The molecule has 1 atom stereocenters. The number of benzene rings is 1. The van der Waals surface area contributed by atoms with Crippen molar-refractivity contribution in [2.24, 2.45) is 0 Å². The van der Waals surface area contributed by atoms with Gasteiger partial charge in [-0.15, -0.1) is 0 Å². The molecule has 9 nitrogen and oxygen atoms in total. The van der Waals surface area contributed by atoms with Crippen molar-refractivity contribution in [3.63, 3.8) is 0 Å². The minimum atomic E-state index is -0.298. The van der Waals surface area contributed by atoms with E-state index in [1.54, 1.807) is 11.4 Å². The van der Waals surface area contributed by atoms with Crippen LogP contribution in [-0.4, -0.2) is 24.6 Å². The first-order chi connectivity index (χ1) is 14.5. The molecule has 0 saturated heterocycles. The summed E-state index contributed by atoms with van der Waals surface area (Å²) in [5.41, 5.74) is 9.96. The SMILES string of the molecule is Cc1nn2cc([C@H](C)Nc3ncnc(N)c3C#N)c(-c3ccccc3)nc2c1C#N. The zero-order chi connectivity index (χ0) is 21.3. The van der Waals surface area contributed by atoms with Crippen molar-refractivity contribution in [1.29, 1.82) is 10.5 Å². The topological polar surface area (TPSA) is 142 Å². The van der Waals surface area contributed by atoms with Gasteiger partial charge in [-0.3, -0.25) is 0 Å². The van der Waals surface area contributed by atoms with Crippen molar-refractivity contribution in [2.75, 3.05) is 11.1 Å². The number of nitrogen functional groups attached to an aromatic ring is 1. The summed E-state index contributed by atoms with van der Waals surface area (Å²) in [4.78, 5) is 12.8. The summed E-state index contributed by atoms with van der Waals surface area (Å²) >= 11 is 0. The number of hydrogen-bond donors (Lipinski definition) is 2. The molecule has 0 radical (unpaired) electrons. The quantitative estimate of drug-likeness (QED) is 0.537. The number of aryl methyl sites for hydroxylation is 1. The normalized spacial score (nSPS) is 11.6. The van der Waals surface area contributed by atoms with Crippen molar-refractivity contribution in [3.05, 3.63) is 65.2 Å². The number of aromatic nitrogens is 5. The van der Waals surface area contributed by atoms with Gasteiger partial charge in [-0.1, -0.05) is 30.3 Å². The average molecular weight is 395 g/mol. The van der Waals surface area contributed by atoms with Gasteiger partial charge in [-0.2, -0.15) is 15.6 Å². The number of nitrogens with two attached hydrogens (primary N) is 1. The van der Waals surface area contributed by atoms with E-state index < -0.39 is 0 Å². The van der Waals surface area contributed by atoms with Crippen molar-refractivity contribution in [1.82, 2.24) is 24.6 Å². The first kappa shape index (κ1) is 18.8. The summed E-state index contributed by atoms with van der Waals surface area (Å²) in [7, 11) is 0. The van der Waals surface area contributed by atoms with E-state index in [9.17, 15) is 10.5 Å².